The standard InChI is InChI=1S/C12H12BrN3O/c13-8-3-10-12(14-4-8)16(5-9-6-17-9)11(15-10)7-1-2-7/h3-4,7,9H,1-2,5-6H2/t9-/m1/s1. The van der Waals surface area contributed by atoms with Crippen LogP contribution in [0.1, 0.15) is 24.6 Å². The summed E-state index contributed by atoms with van der Waals surface area (Å²) in [5, 5.41) is 0. The maximum atomic E-state index is 5.32. The van der Waals surface area contributed by atoms with Gasteiger partial charge in [0.1, 0.15) is 11.3 Å². The number of aromatic nitrogens is 3. The van der Waals surface area contributed by atoms with Gasteiger partial charge >= 0.3 is 0 Å². The number of halogens is 1. The van der Waals surface area contributed by atoms with Crippen molar-refractivity contribution in [3.8, 4) is 0 Å². The van der Waals surface area contributed by atoms with Crippen LogP contribution in [0.5, 0.6) is 0 Å². The van der Waals surface area contributed by atoms with E-state index in [0.29, 0.717) is 12.0 Å². The van der Waals surface area contributed by atoms with E-state index in [4.69, 9.17) is 9.72 Å². The summed E-state index contributed by atoms with van der Waals surface area (Å²) in [5.74, 6) is 1.84. The van der Waals surface area contributed by atoms with Gasteiger partial charge in [0.2, 0.25) is 0 Å². The van der Waals surface area contributed by atoms with Gasteiger partial charge < -0.3 is 9.30 Å². The Kier molecular flexibility index (Phi) is 2.08. The summed E-state index contributed by atoms with van der Waals surface area (Å²) in [5.41, 5.74) is 1.98. The van der Waals surface area contributed by atoms with E-state index in [1.54, 1.807) is 0 Å². The Morgan fingerprint density at radius 3 is 3.00 bits per heavy atom. The quantitative estimate of drug-likeness (QED) is 0.817. The topological polar surface area (TPSA) is 43.2 Å². The van der Waals surface area contributed by atoms with Gasteiger partial charge in [-0.15, -0.1) is 0 Å². The number of fused-ring (bicyclic) bond motifs is 1. The molecule has 0 N–H and O–H groups in total. The molecule has 3 heterocycles. The SMILES string of the molecule is Brc1cnc2c(c1)nc(C1CC1)n2C[C@@H]1CO1. The van der Waals surface area contributed by atoms with E-state index in [-0.39, 0.29) is 0 Å². The Hall–Kier alpha value is -0.940. The first-order valence-electron chi connectivity index (χ1n) is 5.94. The number of pyridine rings is 1. The molecule has 0 radical (unpaired) electrons. The van der Waals surface area contributed by atoms with Gasteiger partial charge in [0, 0.05) is 16.6 Å². The molecule has 2 fully saturated rings. The summed E-state index contributed by atoms with van der Waals surface area (Å²) in [6.45, 7) is 1.78. The lowest BCUT2D eigenvalue weighted by molar-refractivity contribution is 0.382. The molecule has 0 spiro atoms. The number of hydrogen-bond acceptors (Lipinski definition) is 3. The van der Waals surface area contributed by atoms with E-state index in [0.717, 1.165) is 28.8 Å². The highest BCUT2D eigenvalue weighted by atomic mass is 79.9. The Labute approximate surface area is 107 Å². The van der Waals surface area contributed by atoms with Crippen molar-refractivity contribution in [2.75, 3.05) is 6.61 Å². The number of epoxide rings is 1. The molecule has 1 atom stereocenters. The van der Waals surface area contributed by atoms with Crippen LogP contribution in [-0.2, 0) is 11.3 Å². The first-order chi connectivity index (χ1) is 8.31. The van der Waals surface area contributed by atoms with Crippen molar-refractivity contribution >= 4 is 27.1 Å². The lowest BCUT2D eigenvalue weighted by Gasteiger charge is -2.05. The van der Waals surface area contributed by atoms with E-state index in [1.165, 1.54) is 18.7 Å². The van der Waals surface area contributed by atoms with Crippen LogP contribution >= 0.6 is 15.9 Å². The number of hydrogen-bond donors (Lipinski definition) is 0. The van der Waals surface area contributed by atoms with Gasteiger partial charge in [-0.25, -0.2) is 9.97 Å². The lowest BCUT2D eigenvalue weighted by Crippen LogP contribution is -2.08. The molecule has 5 heteroatoms. The van der Waals surface area contributed by atoms with Gasteiger partial charge in [-0.05, 0) is 34.8 Å². The second-order valence-electron chi connectivity index (χ2n) is 4.81. The third kappa shape index (κ3) is 1.77. The Morgan fingerprint density at radius 2 is 2.29 bits per heavy atom. The van der Waals surface area contributed by atoms with Crippen LogP contribution in [-0.4, -0.2) is 27.2 Å². The third-order valence-electron chi connectivity index (χ3n) is 3.31. The van der Waals surface area contributed by atoms with Crippen LogP contribution in [0, 0.1) is 0 Å². The van der Waals surface area contributed by atoms with Crippen molar-refractivity contribution < 1.29 is 4.74 Å². The summed E-state index contributed by atoms with van der Waals surface area (Å²) in [4.78, 5) is 9.22. The Morgan fingerprint density at radius 1 is 1.47 bits per heavy atom. The summed E-state index contributed by atoms with van der Waals surface area (Å²) < 4.78 is 8.56. The molecule has 2 aliphatic rings. The second kappa shape index (κ2) is 3.53. The largest absolute Gasteiger partial charge is 0.371 e. The molecular weight excluding hydrogens is 282 g/mol. The number of rotatable bonds is 3. The molecule has 4 rings (SSSR count). The predicted molar refractivity (Wildman–Crippen MR) is 66.9 cm³/mol. The highest BCUT2D eigenvalue weighted by Crippen LogP contribution is 2.41. The fourth-order valence-electron chi connectivity index (χ4n) is 2.21. The molecule has 1 aliphatic carbocycles. The van der Waals surface area contributed by atoms with Crippen molar-refractivity contribution in [1.29, 1.82) is 0 Å². The molecule has 17 heavy (non-hydrogen) atoms. The van der Waals surface area contributed by atoms with Crippen molar-refractivity contribution in [3.05, 3.63) is 22.6 Å². The minimum Gasteiger partial charge on any atom is -0.371 e. The zero-order valence-electron chi connectivity index (χ0n) is 9.27. The van der Waals surface area contributed by atoms with Crippen molar-refractivity contribution in [1.82, 2.24) is 14.5 Å². The monoisotopic (exact) mass is 293 g/mol. The van der Waals surface area contributed by atoms with Crippen LogP contribution in [0.3, 0.4) is 0 Å². The maximum Gasteiger partial charge on any atom is 0.160 e. The van der Waals surface area contributed by atoms with Gasteiger partial charge in [-0.1, -0.05) is 0 Å². The van der Waals surface area contributed by atoms with Gasteiger partial charge in [0.05, 0.1) is 19.3 Å². The van der Waals surface area contributed by atoms with Crippen molar-refractivity contribution in [2.45, 2.75) is 31.4 Å². The third-order valence-corrected chi connectivity index (χ3v) is 3.75. The van der Waals surface area contributed by atoms with Crippen molar-refractivity contribution in [2.24, 2.45) is 0 Å². The van der Waals surface area contributed by atoms with Crippen LogP contribution in [0.15, 0.2) is 16.7 Å². The highest BCUT2D eigenvalue weighted by molar-refractivity contribution is 9.10. The first-order valence-corrected chi connectivity index (χ1v) is 6.74. The molecule has 0 bridgehead atoms. The van der Waals surface area contributed by atoms with E-state index in [1.807, 2.05) is 12.3 Å². The average molecular weight is 294 g/mol. The molecule has 1 aliphatic heterocycles. The highest BCUT2D eigenvalue weighted by Gasteiger charge is 2.32. The van der Waals surface area contributed by atoms with Crippen LogP contribution in [0.2, 0.25) is 0 Å². The molecule has 4 nitrogen and oxygen atoms in total. The Bertz CT molecular complexity index is 587. The summed E-state index contributed by atoms with van der Waals surface area (Å²) in [7, 11) is 0. The molecule has 0 unspecified atom stereocenters. The van der Waals surface area contributed by atoms with Crippen LogP contribution in [0.4, 0.5) is 0 Å². The molecule has 88 valence electrons. The molecule has 0 amide bonds. The summed E-state index contributed by atoms with van der Waals surface area (Å²) in [6, 6.07) is 2.04. The predicted octanol–water partition coefficient (Wildman–Crippen LogP) is 2.47. The molecule has 1 saturated heterocycles. The molecular formula is C12H12BrN3O. The average Bonchev–Trinajstić information content (AvgIpc) is 3.19. The van der Waals surface area contributed by atoms with E-state index < -0.39 is 0 Å². The van der Waals surface area contributed by atoms with Crippen LogP contribution in [0.25, 0.3) is 11.2 Å². The number of ether oxygens (including phenoxy) is 1. The van der Waals surface area contributed by atoms with E-state index in [2.05, 4.69) is 25.5 Å². The normalized spacial score (nSPS) is 23.2. The first kappa shape index (κ1) is 10.0. The summed E-state index contributed by atoms with van der Waals surface area (Å²) in [6.07, 6.45) is 4.73. The molecule has 0 aromatic carbocycles. The lowest BCUT2D eigenvalue weighted by atomic mass is 10.3. The van der Waals surface area contributed by atoms with Gasteiger partial charge in [0.25, 0.3) is 0 Å². The van der Waals surface area contributed by atoms with E-state index >= 15 is 0 Å². The molecule has 1 saturated carbocycles. The number of imidazole rings is 1. The fraction of sp³-hybridized carbons (Fsp3) is 0.500. The van der Waals surface area contributed by atoms with Crippen LogP contribution < -0.4 is 0 Å². The zero-order chi connectivity index (χ0) is 11.4. The minimum absolute atomic E-state index is 0.371. The van der Waals surface area contributed by atoms with Gasteiger partial charge in [-0.3, -0.25) is 0 Å². The molecule has 2 aromatic heterocycles. The van der Waals surface area contributed by atoms with Gasteiger partial charge in [0.15, 0.2) is 5.65 Å². The Balaban J connectivity index is 1.88. The maximum absolute atomic E-state index is 5.32. The smallest absolute Gasteiger partial charge is 0.160 e. The fourth-order valence-corrected chi connectivity index (χ4v) is 2.53. The van der Waals surface area contributed by atoms with Gasteiger partial charge in [-0.2, -0.15) is 0 Å². The zero-order valence-corrected chi connectivity index (χ0v) is 10.9. The van der Waals surface area contributed by atoms with Crippen molar-refractivity contribution in [3.63, 3.8) is 0 Å². The minimum atomic E-state index is 0.371. The number of nitrogens with zero attached hydrogens (tertiary/aromatic N) is 3. The second-order valence-corrected chi connectivity index (χ2v) is 5.72. The van der Waals surface area contributed by atoms with E-state index in [9.17, 15) is 0 Å². The molecule has 2 aromatic rings. The summed E-state index contributed by atoms with van der Waals surface area (Å²) >= 11 is 3.45.